The molecule has 6 nitrogen and oxygen atoms in total. The van der Waals surface area contributed by atoms with E-state index in [0.29, 0.717) is 18.4 Å². The number of hydrogen-bond donors (Lipinski definition) is 3. The van der Waals surface area contributed by atoms with Crippen LogP contribution in [0.25, 0.3) is 0 Å². The number of hydrogen-bond acceptors (Lipinski definition) is 6. The predicted octanol–water partition coefficient (Wildman–Crippen LogP) is 0.740. The van der Waals surface area contributed by atoms with Gasteiger partial charge in [0, 0.05) is 11.8 Å². The lowest BCUT2D eigenvalue weighted by Crippen LogP contribution is -2.91. The molecule has 3 N–H and O–H groups in total. The van der Waals surface area contributed by atoms with Gasteiger partial charge in [0.2, 0.25) is 5.79 Å². The van der Waals surface area contributed by atoms with E-state index in [4.69, 9.17) is 9.47 Å². The summed E-state index contributed by atoms with van der Waals surface area (Å²) in [6.07, 6.45) is -0.473. The number of aliphatic hydroxyl groups excluding tert-OH is 2. The minimum Gasteiger partial charge on any atom is -0.392 e. The van der Waals surface area contributed by atoms with Gasteiger partial charge in [-0.15, -0.1) is 0 Å². The first-order valence-electron chi connectivity index (χ1n) is 9.80. The number of aliphatic hydroxyl groups is 3. The molecule has 8 aliphatic rings. The molecule has 2 spiro atoms. The van der Waals surface area contributed by atoms with E-state index >= 15 is 0 Å². The van der Waals surface area contributed by atoms with Gasteiger partial charge in [-0.2, -0.15) is 0 Å². The minimum absolute atomic E-state index is 0.133. The molecule has 0 radical (unpaired) electrons. The average Bonchev–Trinajstić information content (AvgIpc) is 2.71. The molecule has 6 heteroatoms. The van der Waals surface area contributed by atoms with Crippen molar-refractivity contribution in [1.82, 2.24) is 0 Å². The summed E-state index contributed by atoms with van der Waals surface area (Å²) in [4.78, 5) is 13.4. The summed E-state index contributed by atoms with van der Waals surface area (Å²) in [6, 6.07) is 0. The predicted molar refractivity (Wildman–Crippen MR) is 88.4 cm³/mol. The Morgan fingerprint density at radius 1 is 1.19 bits per heavy atom. The van der Waals surface area contributed by atoms with E-state index in [2.05, 4.69) is 20.4 Å². The molecule has 0 aromatic heterocycles. The van der Waals surface area contributed by atoms with Gasteiger partial charge in [-0.3, -0.25) is 4.79 Å². The maximum atomic E-state index is 13.4. The number of ether oxygens (including phenoxy) is 2. The van der Waals surface area contributed by atoms with Crippen molar-refractivity contribution in [2.45, 2.75) is 69.9 Å². The maximum absolute atomic E-state index is 13.4. The van der Waals surface area contributed by atoms with Crippen molar-refractivity contribution in [3.8, 4) is 0 Å². The molecule has 8 rings (SSSR count). The van der Waals surface area contributed by atoms with Gasteiger partial charge in [0.1, 0.15) is 11.5 Å². The molecule has 8 fully saturated rings. The van der Waals surface area contributed by atoms with E-state index in [0.717, 1.165) is 12.8 Å². The molecule has 4 saturated heterocycles. The van der Waals surface area contributed by atoms with Gasteiger partial charge in [-0.05, 0) is 42.6 Å². The fourth-order valence-electron chi connectivity index (χ4n) is 8.38. The quantitative estimate of drug-likeness (QED) is 0.550. The molecule has 10 atom stereocenters. The smallest absolute Gasteiger partial charge is 0.211 e. The summed E-state index contributed by atoms with van der Waals surface area (Å²) in [5.41, 5.74) is -2.03. The van der Waals surface area contributed by atoms with Crippen LogP contribution in [0.3, 0.4) is 0 Å². The van der Waals surface area contributed by atoms with Gasteiger partial charge in [0.15, 0.2) is 12.1 Å². The maximum Gasteiger partial charge on any atom is 0.211 e. The molecule has 4 heterocycles. The zero-order valence-corrected chi connectivity index (χ0v) is 15.1. The lowest BCUT2D eigenvalue weighted by atomic mass is 9.34. The molecule has 7 bridgehead atoms. The first-order valence-corrected chi connectivity index (χ1v) is 9.80. The van der Waals surface area contributed by atoms with Crippen LogP contribution >= 0.6 is 0 Å². The molecule has 4 aliphatic heterocycles. The zero-order valence-electron chi connectivity index (χ0n) is 15.1. The number of Topliss-reactive ketones (excluding diaryl/α,β-unsaturated/α-hetero) is 1. The van der Waals surface area contributed by atoms with Crippen LogP contribution in [0.1, 0.15) is 39.5 Å². The van der Waals surface area contributed by atoms with E-state index in [1.165, 1.54) is 0 Å². The second-order valence-corrected chi connectivity index (χ2v) is 10.1. The molecular weight excluding hydrogens is 336 g/mol. The monoisotopic (exact) mass is 362 g/mol. The number of carbonyl (C=O) groups is 1. The molecule has 1 unspecified atom stereocenters. The number of ketones is 1. The first kappa shape index (κ1) is 16.2. The summed E-state index contributed by atoms with van der Waals surface area (Å²) >= 11 is 0. The third-order valence-corrected chi connectivity index (χ3v) is 9.14. The Balaban J connectivity index is 1.70. The van der Waals surface area contributed by atoms with Gasteiger partial charge in [-0.1, -0.05) is 20.4 Å². The van der Waals surface area contributed by atoms with Gasteiger partial charge in [0.25, 0.3) is 0 Å². The van der Waals surface area contributed by atoms with Gasteiger partial charge >= 0.3 is 0 Å². The van der Waals surface area contributed by atoms with Gasteiger partial charge < -0.3 is 24.8 Å². The SMILES string of the molecule is C=C1C(=O)[C@@]23[C@H]4O[C@H]5O[C@]2(O)[C@@H](O)[C@@H]2C(C)(C)CC[C@H](O)C52[C@@H]3CC[C@@H]14. The second-order valence-electron chi connectivity index (χ2n) is 10.1. The van der Waals surface area contributed by atoms with Crippen molar-refractivity contribution in [2.75, 3.05) is 0 Å². The Kier molecular flexibility index (Phi) is 2.57. The van der Waals surface area contributed by atoms with Crippen molar-refractivity contribution in [3.63, 3.8) is 0 Å². The normalized spacial score (nSPS) is 64.0. The third-order valence-electron chi connectivity index (χ3n) is 9.14. The van der Waals surface area contributed by atoms with Crippen LogP contribution in [-0.4, -0.2) is 51.5 Å². The second kappa shape index (κ2) is 4.13. The van der Waals surface area contributed by atoms with Crippen molar-refractivity contribution in [2.24, 2.45) is 34.0 Å². The highest BCUT2D eigenvalue weighted by Gasteiger charge is 2.92. The summed E-state index contributed by atoms with van der Waals surface area (Å²) < 4.78 is 12.3. The summed E-state index contributed by atoms with van der Waals surface area (Å²) in [6.45, 7) is 8.14. The van der Waals surface area contributed by atoms with E-state index < -0.39 is 47.1 Å². The van der Waals surface area contributed by atoms with Crippen LogP contribution in [0.2, 0.25) is 0 Å². The van der Waals surface area contributed by atoms with Crippen molar-refractivity contribution < 1.29 is 29.6 Å². The van der Waals surface area contributed by atoms with E-state index in [-0.39, 0.29) is 23.0 Å². The fraction of sp³-hybridized carbons (Fsp3) is 0.850. The number of rotatable bonds is 0. The van der Waals surface area contributed by atoms with Crippen molar-refractivity contribution >= 4 is 5.78 Å². The molecule has 4 aliphatic carbocycles. The Morgan fingerprint density at radius 2 is 1.92 bits per heavy atom. The Bertz CT molecular complexity index is 761. The Labute approximate surface area is 152 Å². The highest BCUT2D eigenvalue weighted by atomic mass is 16.8. The van der Waals surface area contributed by atoms with Crippen molar-refractivity contribution in [1.29, 1.82) is 0 Å². The molecule has 26 heavy (non-hydrogen) atoms. The molecular formula is C20H26O6. The third kappa shape index (κ3) is 1.19. The molecule has 0 aromatic rings. The first-order chi connectivity index (χ1) is 12.1. The van der Waals surface area contributed by atoms with Crippen LogP contribution in [0.4, 0.5) is 0 Å². The Morgan fingerprint density at radius 3 is 2.65 bits per heavy atom. The molecule has 142 valence electrons. The fourth-order valence-corrected chi connectivity index (χ4v) is 8.38. The number of carbonyl (C=O) groups excluding carboxylic acids is 1. The van der Waals surface area contributed by atoms with Crippen LogP contribution < -0.4 is 0 Å². The van der Waals surface area contributed by atoms with E-state index in [1.807, 2.05) is 0 Å². The van der Waals surface area contributed by atoms with E-state index in [9.17, 15) is 20.1 Å². The van der Waals surface area contributed by atoms with Crippen molar-refractivity contribution in [3.05, 3.63) is 12.2 Å². The van der Waals surface area contributed by atoms with Gasteiger partial charge in [-0.25, -0.2) is 0 Å². The van der Waals surface area contributed by atoms with Gasteiger partial charge in [0.05, 0.1) is 17.6 Å². The minimum atomic E-state index is -1.97. The largest absolute Gasteiger partial charge is 0.392 e. The molecule has 0 amide bonds. The van der Waals surface area contributed by atoms with E-state index in [1.54, 1.807) is 0 Å². The molecule has 0 aromatic carbocycles. The lowest BCUT2D eigenvalue weighted by molar-refractivity contribution is -0.556. The van der Waals surface area contributed by atoms with Crippen LogP contribution in [0, 0.1) is 34.0 Å². The van der Waals surface area contributed by atoms with Crippen LogP contribution in [-0.2, 0) is 14.3 Å². The van der Waals surface area contributed by atoms with Crippen LogP contribution in [0.5, 0.6) is 0 Å². The summed E-state index contributed by atoms with van der Waals surface area (Å²) in [5, 5.41) is 34.3. The average molecular weight is 362 g/mol. The highest BCUT2D eigenvalue weighted by Crippen LogP contribution is 2.81. The highest BCUT2D eigenvalue weighted by molar-refractivity contribution is 6.05. The topological polar surface area (TPSA) is 96.2 Å². The summed E-state index contributed by atoms with van der Waals surface area (Å²) in [7, 11) is 0. The molecule has 4 saturated carbocycles. The Hall–Kier alpha value is -0.790. The summed E-state index contributed by atoms with van der Waals surface area (Å²) in [5.74, 6) is -2.99. The zero-order chi connectivity index (χ0) is 18.4. The van der Waals surface area contributed by atoms with Crippen LogP contribution in [0.15, 0.2) is 12.2 Å². The lowest BCUT2D eigenvalue weighted by Gasteiger charge is -2.79. The standard InChI is InChI=1S/C20H26O6/c1-8-9-4-5-10-18-11(21)6-7-17(2,3)12(18)14(23)20(24)19(10,13(8)22)15(9)25-16(18)26-20/h9-12,14-16,21,23-24H,1,4-7H2,2-3H3/t9-,10-,11-,12+,14-,15-,16-,18?,19-,20+/m0/s1.